The lowest BCUT2D eigenvalue weighted by molar-refractivity contribution is -0.143. The molecule has 2 unspecified atom stereocenters. The summed E-state index contributed by atoms with van der Waals surface area (Å²) in [4.78, 5) is 24.5. The molecule has 0 aromatic carbocycles. The van der Waals surface area contributed by atoms with E-state index in [0.29, 0.717) is 25.9 Å². The molecule has 0 bridgehead atoms. The molecule has 1 amide bonds. The molecule has 0 fully saturated rings. The fraction of sp³-hybridized carbons (Fsp3) is 0.970. The predicted octanol–water partition coefficient (Wildman–Crippen LogP) is 21.4. The van der Waals surface area contributed by atoms with Crippen LogP contribution in [0.4, 0.5) is 0 Å². The van der Waals surface area contributed by atoms with Crippen molar-refractivity contribution >= 4 is 11.9 Å². The lowest BCUT2D eigenvalue weighted by Crippen LogP contribution is -2.45. The maximum absolute atomic E-state index is 12.5. The van der Waals surface area contributed by atoms with Gasteiger partial charge in [0.25, 0.3) is 0 Å². The van der Waals surface area contributed by atoms with Gasteiger partial charge in [-0.05, 0) is 25.7 Å². The minimum atomic E-state index is -0.660. The second-order valence-electron chi connectivity index (χ2n) is 23.5. The topological polar surface area (TPSA) is 95.9 Å². The van der Waals surface area contributed by atoms with Gasteiger partial charge < -0.3 is 20.3 Å². The molecule has 0 saturated carbocycles. The van der Waals surface area contributed by atoms with Crippen molar-refractivity contribution in [1.29, 1.82) is 0 Å². The van der Waals surface area contributed by atoms with Gasteiger partial charge in [0, 0.05) is 12.8 Å². The second kappa shape index (κ2) is 63.4. The van der Waals surface area contributed by atoms with Gasteiger partial charge in [-0.2, -0.15) is 0 Å². The molecule has 0 aliphatic carbocycles. The van der Waals surface area contributed by atoms with Gasteiger partial charge >= 0.3 is 5.97 Å². The Balaban J connectivity index is 3.32. The Hall–Kier alpha value is -1.14. The molecular weight excluding hydrogens is 899 g/mol. The number of aliphatic hydroxyl groups is 2. The summed E-state index contributed by atoms with van der Waals surface area (Å²) in [6.07, 6.45) is 75.7. The van der Waals surface area contributed by atoms with E-state index in [2.05, 4.69) is 19.2 Å². The Labute approximate surface area is 457 Å². The zero-order valence-corrected chi connectivity index (χ0v) is 49.9. The number of nitrogens with one attached hydrogen (secondary N) is 1. The lowest BCUT2D eigenvalue weighted by atomic mass is 10.0. The average molecular weight is 1030 g/mol. The monoisotopic (exact) mass is 1030 g/mol. The highest BCUT2D eigenvalue weighted by Gasteiger charge is 2.20. The Kier molecular flexibility index (Phi) is 62.4. The van der Waals surface area contributed by atoms with E-state index in [1.165, 1.54) is 321 Å². The van der Waals surface area contributed by atoms with E-state index in [9.17, 15) is 19.8 Å². The van der Waals surface area contributed by atoms with E-state index < -0.39 is 12.1 Å². The molecule has 73 heavy (non-hydrogen) atoms. The molecule has 6 nitrogen and oxygen atoms in total. The van der Waals surface area contributed by atoms with Crippen molar-refractivity contribution in [1.82, 2.24) is 5.32 Å². The fourth-order valence-corrected chi connectivity index (χ4v) is 11.0. The average Bonchev–Trinajstić information content (AvgIpc) is 3.39. The van der Waals surface area contributed by atoms with E-state index in [1.807, 2.05) is 0 Å². The molecule has 0 aliphatic heterocycles. The molecule has 0 spiro atoms. The summed E-state index contributed by atoms with van der Waals surface area (Å²) in [5.74, 6) is -0.00671. The SMILES string of the molecule is CCCCCCCCCCCCCCCCCC(O)C(CO)NC(=O)CCCCCCCCCCCCCCCCCCCCCCCCCCCCCCCOC(=O)CCCCCCCCCCCCCC. The Morgan fingerprint density at radius 2 is 0.562 bits per heavy atom. The van der Waals surface area contributed by atoms with Crippen molar-refractivity contribution in [3.8, 4) is 0 Å². The molecule has 6 heteroatoms. The van der Waals surface area contributed by atoms with Gasteiger partial charge in [-0.3, -0.25) is 9.59 Å². The number of amides is 1. The lowest BCUT2D eigenvalue weighted by Gasteiger charge is -2.22. The molecule has 0 heterocycles. The molecular formula is C67H133NO5. The predicted molar refractivity (Wildman–Crippen MR) is 320 cm³/mol. The zero-order chi connectivity index (χ0) is 52.9. The summed E-state index contributed by atoms with van der Waals surface area (Å²) in [7, 11) is 0. The van der Waals surface area contributed by atoms with Gasteiger partial charge in [0.05, 0.1) is 25.4 Å². The van der Waals surface area contributed by atoms with Crippen LogP contribution in [0.3, 0.4) is 0 Å². The smallest absolute Gasteiger partial charge is 0.305 e. The largest absolute Gasteiger partial charge is 0.466 e. The number of rotatable bonds is 64. The summed E-state index contributed by atoms with van der Waals surface area (Å²) >= 11 is 0. The summed E-state index contributed by atoms with van der Waals surface area (Å²) < 4.78 is 5.48. The number of hydrogen-bond donors (Lipinski definition) is 3. The number of hydrogen-bond acceptors (Lipinski definition) is 5. The van der Waals surface area contributed by atoms with Gasteiger partial charge in [-0.15, -0.1) is 0 Å². The first-order valence-corrected chi connectivity index (χ1v) is 33.8. The van der Waals surface area contributed by atoms with Crippen LogP contribution in [0.15, 0.2) is 0 Å². The van der Waals surface area contributed by atoms with Gasteiger partial charge in [0.1, 0.15) is 0 Å². The van der Waals surface area contributed by atoms with Crippen molar-refractivity contribution in [2.75, 3.05) is 13.2 Å². The van der Waals surface area contributed by atoms with E-state index in [-0.39, 0.29) is 18.5 Å². The van der Waals surface area contributed by atoms with E-state index in [1.54, 1.807) is 0 Å². The highest BCUT2D eigenvalue weighted by atomic mass is 16.5. The maximum atomic E-state index is 12.5. The van der Waals surface area contributed by atoms with Crippen molar-refractivity contribution < 1.29 is 24.5 Å². The number of carbonyl (C=O) groups is 2. The molecule has 2 atom stereocenters. The van der Waals surface area contributed by atoms with Crippen molar-refractivity contribution in [3.05, 3.63) is 0 Å². The van der Waals surface area contributed by atoms with Crippen LogP contribution in [0.1, 0.15) is 393 Å². The van der Waals surface area contributed by atoms with Crippen LogP contribution < -0.4 is 5.32 Å². The van der Waals surface area contributed by atoms with E-state index in [4.69, 9.17) is 4.74 Å². The molecule has 436 valence electrons. The minimum Gasteiger partial charge on any atom is -0.466 e. The standard InChI is InChI=1S/C67H133NO5/c1-3-5-7-9-11-13-15-17-33-36-39-43-47-51-55-59-65(70)64(63-69)68-66(71)60-56-52-48-44-40-37-34-31-29-27-25-23-21-19-18-20-22-24-26-28-30-32-35-38-42-46-50-54-58-62-73-67(72)61-57-53-49-45-41-16-14-12-10-8-6-4-2/h64-65,69-70H,3-63H2,1-2H3,(H,68,71). The van der Waals surface area contributed by atoms with Crippen LogP contribution in [0.25, 0.3) is 0 Å². The molecule has 0 rings (SSSR count). The minimum absolute atomic E-state index is 0.0212. The summed E-state index contributed by atoms with van der Waals surface area (Å²) in [6, 6.07) is -0.537. The Morgan fingerprint density at radius 1 is 0.329 bits per heavy atom. The third kappa shape index (κ3) is 60.0. The van der Waals surface area contributed by atoms with E-state index >= 15 is 0 Å². The van der Waals surface area contributed by atoms with E-state index in [0.717, 1.165) is 38.5 Å². The zero-order valence-electron chi connectivity index (χ0n) is 49.9. The van der Waals surface area contributed by atoms with Crippen LogP contribution in [0.5, 0.6) is 0 Å². The van der Waals surface area contributed by atoms with Crippen LogP contribution >= 0.6 is 0 Å². The summed E-state index contributed by atoms with van der Waals surface area (Å²) in [5.41, 5.74) is 0. The normalized spacial score (nSPS) is 12.4. The first-order valence-electron chi connectivity index (χ1n) is 33.8. The molecule has 0 radical (unpaired) electrons. The first kappa shape index (κ1) is 71.9. The molecule has 0 aromatic rings. The Bertz CT molecular complexity index is 1050. The van der Waals surface area contributed by atoms with Crippen LogP contribution in [-0.4, -0.2) is 47.4 Å². The number of esters is 1. The molecule has 0 aromatic heterocycles. The van der Waals surface area contributed by atoms with Crippen molar-refractivity contribution in [2.45, 2.75) is 405 Å². The number of unbranched alkanes of at least 4 members (excludes halogenated alkanes) is 53. The second-order valence-corrected chi connectivity index (χ2v) is 23.5. The van der Waals surface area contributed by atoms with Crippen LogP contribution in [-0.2, 0) is 14.3 Å². The highest BCUT2D eigenvalue weighted by molar-refractivity contribution is 5.76. The Morgan fingerprint density at radius 3 is 0.836 bits per heavy atom. The summed E-state index contributed by atoms with van der Waals surface area (Å²) in [6.45, 7) is 4.99. The quantitative estimate of drug-likeness (QED) is 0.0417. The number of aliphatic hydroxyl groups excluding tert-OH is 2. The van der Waals surface area contributed by atoms with Gasteiger partial charge in [-0.25, -0.2) is 0 Å². The van der Waals surface area contributed by atoms with Gasteiger partial charge in [-0.1, -0.05) is 354 Å². The van der Waals surface area contributed by atoms with Crippen molar-refractivity contribution in [3.63, 3.8) is 0 Å². The third-order valence-electron chi connectivity index (χ3n) is 16.2. The molecule has 0 aliphatic rings. The summed E-state index contributed by atoms with van der Waals surface area (Å²) in [5, 5.41) is 23.3. The maximum Gasteiger partial charge on any atom is 0.305 e. The number of carbonyl (C=O) groups excluding carboxylic acids is 2. The molecule has 0 saturated heterocycles. The molecule has 3 N–H and O–H groups in total. The highest BCUT2D eigenvalue weighted by Crippen LogP contribution is 2.19. The van der Waals surface area contributed by atoms with Gasteiger partial charge in [0.15, 0.2) is 0 Å². The third-order valence-corrected chi connectivity index (χ3v) is 16.2. The van der Waals surface area contributed by atoms with Crippen LogP contribution in [0.2, 0.25) is 0 Å². The van der Waals surface area contributed by atoms with Crippen LogP contribution in [0, 0.1) is 0 Å². The first-order chi connectivity index (χ1) is 36.0. The fourth-order valence-electron chi connectivity index (χ4n) is 11.0. The number of ether oxygens (including phenoxy) is 1. The van der Waals surface area contributed by atoms with Gasteiger partial charge in [0.2, 0.25) is 5.91 Å². The van der Waals surface area contributed by atoms with Crippen molar-refractivity contribution in [2.24, 2.45) is 0 Å².